The second-order valence-electron chi connectivity index (χ2n) is 3.82. The molecule has 15 heavy (non-hydrogen) atoms. The van der Waals surface area contributed by atoms with Crippen LogP contribution in [0.2, 0.25) is 0 Å². The molecule has 1 rings (SSSR count). The standard InChI is InChI=1S/C14H20O/c1-5-14-13(4)11(2)9-7-6-8-10-12(3)15-14/h7-10,12H,2,5-6H2,1,3-4H3/b9-7-,10-8-,14-13-. The Morgan fingerprint density at radius 3 is 2.87 bits per heavy atom. The molecule has 0 bridgehead atoms. The maximum atomic E-state index is 5.86. The summed E-state index contributed by atoms with van der Waals surface area (Å²) in [5.74, 6) is 1.05. The first-order chi connectivity index (χ1) is 7.15. The molecule has 1 heterocycles. The molecule has 0 aliphatic carbocycles. The Balaban J connectivity index is 3.00. The van der Waals surface area contributed by atoms with Crippen LogP contribution in [0.3, 0.4) is 0 Å². The average molecular weight is 204 g/mol. The van der Waals surface area contributed by atoms with E-state index < -0.39 is 0 Å². The maximum Gasteiger partial charge on any atom is 0.114 e. The van der Waals surface area contributed by atoms with Gasteiger partial charge in [0.15, 0.2) is 0 Å². The van der Waals surface area contributed by atoms with Crippen LogP contribution in [0.1, 0.15) is 33.6 Å². The summed E-state index contributed by atoms with van der Waals surface area (Å²) in [6, 6.07) is 0. The average Bonchev–Trinajstić information content (AvgIpc) is 2.23. The van der Waals surface area contributed by atoms with Gasteiger partial charge in [0, 0.05) is 6.42 Å². The van der Waals surface area contributed by atoms with Crippen molar-refractivity contribution in [1.29, 1.82) is 0 Å². The van der Waals surface area contributed by atoms with E-state index >= 15 is 0 Å². The zero-order valence-electron chi connectivity index (χ0n) is 9.92. The molecule has 0 saturated heterocycles. The van der Waals surface area contributed by atoms with Gasteiger partial charge in [0.2, 0.25) is 0 Å². The number of hydrogen-bond donors (Lipinski definition) is 0. The van der Waals surface area contributed by atoms with E-state index in [0.717, 1.165) is 29.7 Å². The smallest absolute Gasteiger partial charge is 0.114 e. The first kappa shape index (κ1) is 11.8. The van der Waals surface area contributed by atoms with E-state index in [0.29, 0.717) is 0 Å². The highest BCUT2D eigenvalue weighted by Crippen LogP contribution is 2.20. The Morgan fingerprint density at radius 2 is 2.20 bits per heavy atom. The summed E-state index contributed by atoms with van der Waals surface area (Å²) in [5.41, 5.74) is 2.21. The molecule has 0 fully saturated rings. The van der Waals surface area contributed by atoms with E-state index in [1.165, 1.54) is 0 Å². The van der Waals surface area contributed by atoms with Crippen LogP contribution in [0, 0.1) is 0 Å². The third-order valence-corrected chi connectivity index (χ3v) is 2.55. The molecule has 1 unspecified atom stereocenters. The molecule has 0 aromatic carbocycles. The van der Waals surface area contributed by atoms with Crippen LogP contribution in [0.15, 0.2) is 47.8 Å². The summed E-state index contributed by atoms with van der Waals surface area (Å²) >= 11 is 0. The summed E-state index contributed by atoms with van der Waals surface area (Å²) < 4.78 is 5.86. The Labute approximate surface area is 92.8 Å². The largest absolute Gasteiger partial charge is 0.491 e. The molecular weight excluding hydrogens is 184 g/mol. The molecule has 0 radical (unpaired) electrons. The molecule has 0 aromatic heterocycles. The third kappa shape index (κ3) is 3.43. The van der Waals surface area contributed by atoms with Gasteiger partial charge >= 0.3 is 0 Å². The van der Waals surface area contributed by atoms with Gasteiger partial charge < -0.3 is 4.74 Å². The summed E-state index contributed by atoms with van der Waals surface area (Å²) in [4.78, 5) is 0. The highest BCUT2D eigenvalue weighted by Gasteiger charge is 2.07. The highest BCUT2D eigenvalue weighted by molar-refractivity contribution is 5.38. The van der Waals surface area contributed by atoms with Crippen LogP contribution >= 0.6 is 0 Å². The van der Waals surface area contributed by atoms with Crippen LogP contribution < -0.4 is 0 Å². The molecule has 1 aliphatic heterocycles. The summed E-state index contributed by atoms with van der Waals surface area (Å²) in [7, 11) is 0. The first-order valence-corrected chi connectivity index (χ1v) is 5.54. The quantitative estimate of drug-likeness (QED) is 0.583. The second kappa shape index (κ2) is 5.59. The van der Waals surface area contributed by atoms with Crippen LogP contribution in [0.4, 0.5) is 0 Å². The van der Waals surface area contributed by atoms with Crippen molar-refractivity contribution in [3.05, 3.63) is 47.8 Å². The van der Waals surface area contributed by atoms with Gasteiger partial charge in [0.25, 0.3) is 0 Å². The lowest BCUT2D eigenvalue weighted by molar-refractivity contribution is 0.160. The van der Waals surface area contributed by atoms with Gasteiger partial charge in [-0.3, -0.25) is 0 Å². The fourth-order valence-corrected chi connectivity index (χ4v) is 1.56. The van der Waals surface area contributed by atoms with E-state index in [1.54, 1.807) is 0 Å². The minimum absolute atomic E-state index is 0.147. The topological polar surface area (TPSA) is 9.23 Å². The molecule has 1 heteroatoms. The second-order valence-corrected chi connectivity index (χ2v) is 3.82. The van der Waals surface area contributed by atoms with Gasteiger partial charge in [-0.25, -0.2) is 0 Å². The van der Waals surface area contributed by atoms with Crippen LogP contribution in [-0.2, 0) is 4.74 Å². The summed E-state index contributed by atoms with van der Waals surface area (Å²) in [6.45, 7) is 10.3. The van der Waals surface area contributed by atoms with Crippen molar-refractivity contribution in [3.63, 3.8) is 0 Å². The lowest BCUT2D eigenvalue weighted by Gasteiger charge is -2.17. The molecule has 1 aliphatic rings. The maximum absolute atomic E-state index is 5.86. The minimum Gasteiger partial charge on any atom is -0.491 e. The van der Waals surface area contributed by atoms with Gasteiger partial charge in [-0.1, -0.05) is 31.7 Å². The molecule has 0 aromatic rings. The molecule has 0 spiro atoms. The number of rotatable bonds is 1. The fourth-order valence-electron chi connectivity index (χ4n) is 1.56. The van der Waals surface area contributed by atoms with Crippen LogP contribution in [0.25, 0.3) is 0 Å². The number of allylic oxidation sites excluding steroid dienone is 6. The summed E-state index contributed by atoms with van der Waals surface area (Å²) in [6.07, 6.45) is 10.4. The molecular formula is C14H20O. The minimum atomic E-state index is 0.147. The van der Waals surface area contributed by atoms with Crippen molar-refractivity contribution in [2.75, 3.05) is 0 Å². The third-order valence-electron chi connectivity index (χ3n) is 2.55. The highest BCUT2D eigenvalue weighted by atomic mass is 16.5. The SMILES string of the molecule is C=C1/C=C\C/C=C\C(C)O/C(CC)=C\1C. The van der Waals surface area contributed by atoms with E-state index in [-0.39, 0.29) is 6.10 Å². The monoisotopic (exact) mass is 204 g/mol. The van der Waals surface area contributed by atoms with Crippen molar-refractivity contribution in [2.24, 2.45) is 0 Å². The Kier molecular flexibility index (Phi) is 4.41. The molecule has 82 valence electrons. The van der Waals surface area contributed by atoms with Crippen LogP contribution in [0.5, 0.6) is 0 Å². The van der Waals surface area contributed by atoms with Crippen LogP contribution in [-0.4, -0.2) is 6.10 Å². The van der Waals surface area contributed by atoms with Gasteiger partial charge in [0.1, 0.15) is 11.9 Å². The lowest BCUT2D eigenvalue weighted by atomic mass is 10.1. The fraction of sp³-hybridized carbons (Fsp3) is 0.429. The number of ether oxygens (including phenoxy) is 1. The van der Waals surface area contributed by atoms with E-state index in [1.807, 2.05) is 0 Å². The van der Waals surface area contributed by atoms with E-state index in [2.05, 4.69) is 51.7 Å². The number of hydrogen-bond acceptors (Lipinski definition) is 1. The Bertz CT molecular complexity index is 318. The zero-order chi connectivity index (χ0) is 11.3. The molecule has 1 atom stereocenters. The molecule has 0 amide bonds. The van der Waals surface area contributed by atoms with Gasteiger partial charge in [-0.2, -0.15) is 0 Å². The normalized spacial score (nSPS) is 31.9. The van der Waals surface area contributed by atoms with Crippen molar-refractivity contribution >= 4 is 0 Å². The van der Waals surface area contributed by atoms with E-state index in [9.17, 15) is 0 Å². The molecule has 0 N–H and O–H groups in total. The van der Waals surface area contributed by atoms with Crippen molar-refractivity contribution < 1.29 is 4.74 Å². The van der Waals surface area contributed by atoms with Gasteiger partial charge in [0.05, 0.1) is 0 Å². The van der Waals surface area contributed by atoms with Gasteiger partial charge in [-0.05, 0) is 37.5 Å². The zero-order valence-corrected chi connectivity index (χ0v) is 9.92. The lowest BCUT2D eigenvalue weighted by Crippen LogP contribution is -2.06. The predicted molar refractivity (Wildman–Crippen MR) is 65.6 cm³/mol. The molecule has 0 saturated carbocycles. The Hall–Kier alpha value is -1.24. The van der Waals surface area contributed by atoms with Crippen molar-refractivity contribution in [2.45, 2.75) is 39.7 Å². The van der Waals surface area contributed by atoms with Crippen molar-refractivity contribution in [1.82, 2.24) is 0 Å². The van der Waals surface area contributed by atoms with E-state index in [4.69, 9.17) is 4.74 Å². The predicted octanol–water partition coefficient (Wildman–Crippen LogP) is 4.15. The Morgan fingerprint density at radius 1 is 1.47 bits per heavy atom. The molecule has 1 nitrogen and oxygen atoms in total. The van der Waals surface area contributed by atoms with Crippen molar-refractivity contribution in [3.8, 4) is 0 Å². The first-order valence-electron chi connectivity index (χ1n) is 5.54. The van der Waals surface area contributed by atoms with Gasteiger partial charge in [-0.15, -0.1) is 0 Å². The summed E-state index contributed by atoms with van der Waals surface area (Å²) in [5, 5.41) is 0.